The summed E-state index contributed by atoms with van der Waals surface area (Å²) >= 11 is 1.22. The second kappa shape index (κ2) is 7.17. The summed E-state index contributed by atoms with van der Waals surface area (Å²) in [5.41, 5.74) is 1.33. The first-order chi connectivity index (χ1) is 12.5. The highest BCUT2D eigenvalue weighted by atomic mass is 32.1. The number of carbonyl (C=O) groups excluding carboxylic acids is 1. The lowest BCUT2D eigenvalue weighted by Gasteiger charge is -2.11. The number of fused-ring (bicyclic) bond motifs is 1. The Bertz CT molecular complexity index is 1040. The second-order valence-electron chi connectivity index (χ2n) is 5.76. The maximum absolute atomic E-state index is 12.6. The number of amides is 1. The van der Waals surface area contributed by atoms with Crippen molar-refractivity contribution < 1.29 is 14.3 Å². The van der Waals surface area contributed by atoms with E-state index < -0.39 is 0 Å². The number of thiophene rings is 1. The van der Waals surface area contributed by atoms with Gasteiger partial charge in [-0.1, -0.05) is 0 Å². The first kappa shape index (κ1) is 17.9. The molecule has 0 saturated heterocycles. The van der Waals surface area contributed by atoms with Gasteiger partial charge in [0.05, 0.1) is 30.8 Å². The number of hydrogen-bond acceptors (Lipinski definition) is 6. The Morgan fingerprint density at radius 3 is 2.77 bits per heavy atom. The number of rotatable bonds is 5. The summed E-state index contributed by atoms with van der Waals surface area (Å²) in [5, 5.41) is 3.37. The SMILES string of the molecule is COc1ccc(CNC(=O)c2sc3ncn(C)c(=O)c3c2C)c(OC)c1. The van der Waals surface area contributed by atoms with Gasteiger partial charge in [0, 0.05) is 25.2 Å². The first-order valence-electron chi connectivity index (χ1n) is 7.90. The zero-order valence-corrected chi connectivity index (χ0v) is 15.8. The lowest BCUT2D eigenvalue weighted by molar-refractivity contribution is 0.0954. The molecule has 26 heavy (non-hydrogen) atoms. The molecule has 1 N–H and O–H groups in total. The van der Waals surface area contributed by atoms with E-state index in [4.69, 9.17) is 9.47 Å². The molecule has 0 radical (unpaired) electrons. The average Bonchev–Trinajstić information content (AvgIpc) is 2.99. The molecule has 2 heterocycles. The number of ether oxygens (including phenoxy) is 2. The number of hydrogen-bond donors (Lipinski definition) is 1. The molecule has 0 saturated carbocycles. The van der Waals surface area contributed by atoms with Crippen molar-refractivity contribution in [2.75, 3.05) is 14.2 Å². The van der Waals surface area contributed by atoms with E-state index in [0.29, 0.717) is 38.7 Å². The van der Waals surface area contributed by atoms with Crippen LogP contribution in [0, 0.1) is 6.92 Å². The van der Waals surface area contributed by atoms with E-state index in [-0.39, 0.29) is 11.5 Å². The number of methoxy groups -OCH3 is 2. The van der Waals surface area contributed by atoms with Gasteiger partial charge in [-0.2, -0.15) is 0 Å². The van der Waals surface area contributed by atoms with Gasteiger partial charge in [0.2, 0.25) is 0 Å². The lowest BCUT2D eigenvalue weighted by atomic mass is 10.1. The molecule has 0 aliphatic rings. The topological polar surface area (TPSA) is 82.5 Å². The number of carbonyl (C=O) groups is 1. The summed E-state index contributed by atoms with van der Waals surface area (Å²) in [6.45, 7) is 2.07. The summed E-state index contributed by atoms with van der Waals surface area (Å²) in [6, 6.07) is 5.41. The molecule has 7 nitrogen and oxygen atoms in total. The number of nitrogens with zero attached hydrogens (tertiary/aromatic N) is 2. The van der Waals surface area contributed by atoms with E-state index >= 15 is 0 Å². The second-order valence-corrected chi connectivity index (χ2v) is 6.76. The highest BCUT2D eigenvalue weighted by molar-refractivity contribution is 7.20. The van der Waals surface area contributed by atoms with Crippen LogP contribution in [0.4, 0.5) is 0 Å². The van der Waals surface area contributed by atoms with Crippen molar-refractivity contribution in [1.29, 1.82) is 0 Å². The Morgan fingerprint density at radius 1 is 1.31 bits per heavy atom. The van der Waals surface area contributed by atoms with Gasteiger partial charge in [-0.05, 0) is 24.6 Å². The number of aromatic nitrogens is 2. The zero-order valence-electron chi connectivity index (χ0n) is 15.0. The highest BCUT2D eigenvalue weighted by Crippen LogP contribution is 2.27. The molecule has 0 aliphatic carbocycles. The average molecular weight is 373 g/mol. The minimum Gasteiger partial charge on any atom is -0.497 e. The van der Waals surface area contributed by atoms with Crippen LogP contribution in [-0.2, 0) is 13.6 Å². The van der Waals surface area contributed by atoms with E-state index in [1.807, 2.05) is 12.1 Å². The van der Waals surface area contributed by atoms with Gasteiger partial charge in [-0.15, -0.1) is 11.3 Å². The maximum atomic E-state index is 12.6. The smallest absolute Gasteiger partial charge is 0.262 e. The summed E-state index contributed by atoms with van der Waals surface area (Å²) < 4.78 is 11.9. The van der Waals surface area contributed by atoms with Crippen LogP contribution in [-0.4, -0.2) is 29.7 Å². The van der Waals surface area contributed by atoms with Crippen LogP contribution in [0.1, 0.15) is 20.8 Å². The van der Waals surface area contributed by atoms with Gasteiger partial charge in [-0.3, -0.25) is 9.59 Å². The summed E-state index contributed by atoms with van der Waals surface area (Å²) in [6.07, 6.45) is 1.46. The monoisotopic (exact) mass is 373 g/mol. The van der Waals surface area contributed by atoms with Crippen LogP contribution in [0.3, 0.4) is 0 Å². The predicted octanol–water partition coefficient (Wildman–Crippen LogP) is 2.25. The molecule has 1 aromatic carbocycles. The van der Waals surface area contributed by atoms with Crippen LogP contribution < -0.4 is 20.3 Å². The van der Waals surface area contributed by atoms with Crippen LogP contribution >= 0.6 is 11.3 Å². The van der Waals surface area contributed by atoms with Crippen LogP contribution in [0.5, 0.6) is 11.5 Å². The molecule has 8 heteroatoms. The highest BCUT2D eigenvalue weighted by Gasteiger charge is 2.19. The molecule has 0 fully saturated rings. The Hall–Kier alpha value is -2.87. The largest absolute Gasteiger partial charge is 0.497 e. The number of nitrogens with one attached hydrogen (secondary N) is 1. The molecular weight excluding hydrogens is 354 g/mol. The van der Waals surface area contributed by atoms with Crippen LogP contribution in [0.25, 0.3) is 10.2 Å². The van der Waals surface area contributed by atoms with E-state index in [1.165, 1.54) is 22.2 Å². The fraction of sp³-hybridized carbons (Fsp3) is 0.278. The van der Waals surface area contributed by atoms with Gasteiger partial charge in [-0.25, -0.2) is 4.98 Å². The predicted molar refractivity (Wildman–Crippen MR) is 100 cm³/mol. The Balaban J connectivity index is 1.85. The Morgan fingerprint density at radius 2 is 2.08 bits per heavy atom. The normalized spacial score (nSPS) is 10.8. The first-order valence-corrected chi connectivity index (χ1v) is 8.71. The zero-order chi connectivity index (χ0) is 18.8. The third kappa shape index (κ3) is 3.15. The van der Waals surface area contributed by atoms with Crippen molar-refractivity contribution in [2.45, 2.75) is 13.5 Å². The molecule has 0 unspecified atom stereocenters. The van der Waals surface area contributed by atoms with E-state index in [9.17, 15) is 9.59 Å². The minimum atomic E-state index is -0.245. The Kier molecular flexibility index (Phi) is 4.94. The molecule has 3 rings (SSSR count). The molecule has 2 aromatic heterocycles. The van der Waals surface area contributed by atoms with Crippen LogP contribution in [0.15, 0.2) is 29.3 Å². The van der Waals surface area contributed by atoms with Gasteiger partial charge in [0.25, 0.3) is 11.5 Å². The van der Waals surface area contributed by atoms with Crippen molar-refractivity contribution in [3.63, 3.8) is 0 Å². The molecular formula is C18H19N3O4S. The molecule has 136 valence electrons. The summed E-state index contributed by atoms with van der Waals surface area (Å²) in [7, 11) is 4.79. The van der Waals surface area contributed by atoms with Gasteiger partial charge in [0.1, 0.15) is 16.3 Å². The van der Waals surface area contributed by atoms with Crippen molar-refractivity contribution in [3.8, 4) is 11.5 Å². The standard InChI is InChI=1S/C18H19N3O4S/c1-10-14-17(20-9-21(2)18(14)23)26-15(10)16(22)19-8-11-5-6-12(24-3)7-13(11)25-4/h5-7,9H,8H2,1-4H3,(H,19,22). The minimum absolute atomic E-state index is 0.153. The van der Waals surface area contributed by atoms with Crippen molar-refractivity contribution in [1.82, 2.24) is 14.9 Å². The van der Waals surface area contributed by atoms with Crippen LogP contribution in [0.2, 0.25) is 0 Å². The number of benzene rings is 1. The molecule has 0 atom stereocenters. The van der Waals surface area contributed by atoms with Crippen molar-refractivity contribution in [3.05, 3.63) is 50.9 Å². The quantitative estimate of drug-likeness (QED) is 0.742. The maximum Gasteiger partial charge on any atom is 0.262 e. The molecule has 1 amide bonds. The molecule has 3 aromatic rings. The fourth-order valence-electron chi connectivity index (χ4n) is 2.68. The summed E-state index contributed by atoms with van der Waals surface area (Å²) in [5.74, 6) is 1.07. The molecule has 0 spiro atoms. The number of aryl methyl sites for hydroxylation is 2. The van der Waals surface area contributed by atoms with Gasteiger partial charge < -0.3 is 19.4 Å². The Labute approximate surface area is 154 Å². The van der Waals surface area contributed by atoms with E-state index in [2.05, 4.69) is 10.3 Å². The third-order valence-electron chi connectivity index (χ3n) is 4.15. The molecule has 0 aliphatic heterocycles. The van der Waals surface area contributed by atoms with Gasteiger partial charge in [0.15, 0.2) is 0 Å². The lowest BCUT2D eigenvalue weighted by Crippen LogP contribution is -2.23. The molecule has 0 bridgehead atoms. The third-order valence-corrected chi connectivity index (χ3v) is 5.35. The summed E-state index contributed by atoms with van der Waals surface area (Å²) in [4.78, 5) is 30.2. The van der Waals surface area contributed by atoms with Crippen molar-refractivity contribution >= 4 is 27.5 Å². The van der Waals surface area contributed by atoms with Gasteiger partial charge >= 0.3 is 0 Å². The van der Waals surface area contributed by atoms with E-state index in [0.717, 1.165) is 5.56 Å². The van der Waals surface area contributed by atoms with Crippen molar-refractivity contribution in [2.24, 2.45) is 7.05 Å². The fourth-order valence-corrected chi connectivity index (χ4v) is 3.73. The van der Waals surface area contributed by atoms with E-state index in [1.54, 1.807) is 34.3 Å².